The second-order valence-electron chi connectivity index (χ2n) is 4.72. The van der Waals surface area contributed by atoms with E-state index in [9.17, 15) is 0 Å². The van der Waals surface area contributed by atoms with Crippen LogP contribution in [0.25, 0.3) is 0 Å². The molecule has 3 heteroatoms. The quantitative estimate of drug-likeness (QED) is 0.786. The number of hydrogen-bond donors (Lipinski definition) is 0. The lowest BCUT2D eigenvalue weighted by atomic mass is 9.90. The molecule has 1 saturated carbocycles. The Morgan fingerprint density at radius 2 is 2.19 bits per heavy atom. The third kappa shape index (κ3) is 2.57. The predicted molar refractivity (Wildman–Crippen MR) is 69.2 cm³/mol. The molecule has 0 bridgehead atoms. The van der Waals surface area contributed by atoms with E-state index in [0.29, 0.717) is 5.41 Å². The highest BCUT2D eigenvalue weighted by molar-refractivity contribution is 9.09. The summed E-state index contributed by atoms with van der Waals surface area (Å²) < 4.78 is 5.92. The van der Waals surface area contributed by atoms with Gasteiger partial charge in [-0.25, -0.2) is 0 Å². The molecule has 0 radical (unpaired) electrons. The molecule has 88 valence electrons. The average Bonchev–Trinajstić information content (AvgIpc) is 2.78. The summed E-state index contributed by atoms with van der Waals surface area (Å²) in [6.45, 7) is 2.80. The molecule has 1 aromatic heterocycles. The van der Waals surface area contributed by atoms with Gasteiger partial charge in [0.25, 0.3) is 0 Å². The van der Waals surface area contributed by atoms with Crippen LogP contribution >= 0.6 is 15.9 Å². The summed E-state index contributed by atoms with van der Waals surface area (Å²) in [5, 5.41) is 1.04. The van der Waals surface area contributed by atoms with Crippen molar-refractivity contribution in [3.8, 4) is 5.75 Å². The minimum absolute atomic E-state index is 0.349. The molecule has 2 rings (SSSR count). The van der Waals surface area contributed by atoms with Gasteiger partial charge in [-0.15, -0.1) is 0 Å². The van der Waals surface area contributed by atoms with Gasteiger partial charge in [0, 0.05) is 16.9 Å². The molecule has 0 spiro atoms. The molecule has 0 saturated heterocycles. The minimum Gasteiger partial charge on any atom is -0.491 e. The third-order valence-corrected chi connectivity index (χ3v) is 4.63. The summed E-state index contributed by atoms with van der Waals surface area (Å²) in [5.41, 5.74) is 1.33. The summed E-state index contributed by atoms with van der Waals surface area (Å²) in [4.78, 5) is 4.24. The van der Waals surface area contributed by atoms with Crippen molar-refractivity contribution in [1.29, 1.82) is 0 Å². The maximum Gasteiger partial charge on any atom is 0.140 e. The summed E-state index contributed by atoms with van der Waals surface area (Å²) in [7, 11) is 0. The molecular formula is C13H18BrNO. The van der Waals surface area contributed by atoms with Gasteiger partial charge in [0.15, 0.2) is 0 Å². The van der Waals surface area contributed by atoms with E-state index >= 15 is 0 Å². The van der Waals surface area contributed by atoms with Gasteiger partial charge >= 0.3 is 0 Å². The van der Waals surface area contributed by atoms with Crippen molar-refractivity contribution < 1.29 is 4.74 Å². The van der Waals surface area contributed by atoms with E-state index in [2.05, 4.69) is 20.9 Å². The van der Waals surface area contributed by atoms with Crippen molar-refractivity contribution in [3.63, 3.8) is 0 Å². The Labute approximate surface area is 106 Å². The van der Waals surface area contributed by atoms with E-state index in [1.807, 2.05) is 19.1 Å². The standard InChI is InChI=1S/C13H18BrNO/c1-11-12(5-4-8-15-11)16-10-13(9-14)6-2-3-7-13/h4-5,8H,2-3,6-7,9-10H2,1H3. The normalized spacial score (nSPS) is 18.6. The monoisotopic (exact) mass is 283 g/mol. The zero-order valence-electron chi connectivity index (χ0n) is 9.71. The molecule has 0 aliphatic heterocycles. The van der Waals surface area contributed by atoms with Gasteiger partial charge < -0.3 is 4.74 Å². The number of aromatic nitrogens is 1. The van der Waals surface area contributed by atoms with E-state index in [0.717, 1.165) is 23.4 Å². The van der Waals surface area contributed by atoms with Crippen LogP contribution in [0.1, 0.15) is 31.4 Å². The van der Waals surface area contributed by atoms with Crippen molar-refractivity contribution in [2.75, 3.05) is 11.9 Å². The minimum atomic E-state index is 0.349. The summed E-state index contributed by atoms with van der Waals surface area (Å²) in [6.07, 6.45) is 7.02. The molecular weight excluding hydrogens is 266 g/mol. The average molecular weight is 284 g/mol. The van der Waals surface area contributed by atoms with Crippen molar-refractivity contribution in [2.24, 2.45) is 5.41 Å². The zero-order valence-corrected chi connectivity index (χ0v) is 11.3. The van der Waals surface area contributed by atoms with Crippen LogP contribution < -0.4 is 4.74 Å². The molecule has 0 atom stereocenters. The van der Waals surface area contributed by atoms with E-state index in [-0.39, 0.29) is 0 Å². The number of alkyl halides is 1. The summed E-state index contributed by atoms with van der Waals surface area (Å²) in [5.74, 6) is 0.926. The Hall–Kier alpha value is -0.570. The molecule has 16 heavy (non-hydrogen) atoms. The predicted octanol–water partition coefficient (Wildman–Crippen LogP) is 3.72. The second kappa shape index (κ2) is 5.17. The number of halogens is 1. The second-order valence-corrected chi connectivity index (χ2v) is 5.28. The lowest BCUT2D eigenvalue weighted by Gasteiger charge is -2.26. The van der Waals surface area contributed by atoms with Crippen LogP contribution in [0.2, 0.25) is 0 Å². The largest absolute Gasteiger partial charge is 0.491 e. The number of rotatable bonds is 4. The third-order valence-electron chi connectivity index (χ3n) is 3.44. The lowest BCUT2D eigenvalue weighted by molar-refractivity contribution is 0.172. The smallest absolute Gasteiger partial charge is 0.140 e. The Morgan fingerprint density at radius 3 is 2.81 bits per heavy atom. The maximum atomic E-state index is 5.92. The highest BCUT2D eigenvalue weighted by Gasteiger charge is 2.33. The number of pyridine rings is 1. The van der Waals surface area contributed by atoms with Gasteiger partial charge in [-0.1, -0.05) is 28.8 Å². The van der Waals surface area contributed by atoms with E-state index < -0.39 is 0 Å². The molecule has 2 nitrogen and oxygen atoms in total. The molecule has 0 amide bonds. The molecule has 1 fully saturated rings. The topological polar surface area (TPSA) is 22.1 Å². The molecule has 0 aromatic carbocycles. The van der Waals surface area contributed by atoms with Crippen LogP contribution in [0.4, 0.5) is 0 Å². The van der Waals surface area contributed by atoms with Crippen LogP contribution in [-0.2, 0) is 0 Å². The van der Waals surface area contributed by atoms with Gasteiger partial charge in [-0.2, -0.15) is 0 Å². The first-order chi connectivity index (χ1) is 7.76. The van der Waals surface area contributed by atoms with Crippen molar-refractivity contribution in [2.45, 2.75) is 32.6 Å². The van der Waals surface area contributed by atoms with Gasteiger partial charge in [0.1, 0.15) is 5.75 Å². The molecule has 1 heterocycles. The van der Waals surface area contributed by atoms with Crippen LogP contribution in [0.15, 0.2) is 18.3 Å². The fourth-order valence-corrected chi connectivity index (χ4v) is 3.02. The SMILES string of the molecule is Cc1ncccc1OCC1(CBr)CCCC1. The number of ether oxygens (including phenoxy) is 1. The highest BCUT2D eigenvalue weighted by atomic mass is 79.9. The molecule has 1 aromatic rings. The Morgan fingerprint density at radius 1 is 1.44 bits per heavy atom. The zero-order chi connectivity index (χ0) is 11.4. The van der Waals surface area contributed by atoms with Gasteiger partial charge in [0.05, 0.1) is 12.3 Å². The van der Waals surface area contributed by atoms with Gasteiger partial charge in [0.2, 0.25) is 0 Å². The van der Waals surface area contributed by atoms with E-state index in [1.54, 1.807) is 6.20 Å². The Balaban J connectivity index is 1.98. The van der Waals surface area contributed by atoms with Crippen LogP contribution in [0.5, 0.6) is 5.75 Å². The Kier molecular flexibility index (Phi) is 3.85. The van der Waals surface area contributed by atoms with Crippen LogP contribution in [0.3, 0.4) is 0 Å². The summed E-state index contributed by atoms with van der Waals surface area (Å²) in [6, 6.07) is 3.93. The maximum absolute atomic E-state index is 5.92. The molecule has 1 aliphatic rings. The first-order valence-corrected chi connectivity index (χ1v) is 6.98. The van der Waals surface area contributed by atoms with Crippen molar-refractivity contribution in [1.82, 2.24) is 4.98 Å². The Bertz CT molecular complexity index is 348. The van der Waals surface area contributed by atoms with E-state index in [1.165, 1.54) is 25.7 Å². The first-order valence-electron chi connectivity index (χ1n) is 5.86. The molecule has 0 unspecified atom stereocenters. The lowest BCUT2D eigenvalue weighted by Crippen LogP contribution is -2.27. The number of hydrogen-bond acceptors (Lipinski definition) is 2. The first kappa shape index (κ1) is 11.9. The van der Waals surface area contributed by atoms with E-state index in [4.69, 9.17) is 4.74 Å². The van der Waals surface area contributed by atoms with Crippen molar-refractivity contribution in [3.05, 3.63) is 24.0 Å². The van der Waals surface area contributed by atoms with Crippen molar-refractivity contribution >= 4 is 15.9 Å². The van der Waals surface area contributed by atoms with Gasteiger partial charge in [-0.3, -0.25) is 4.98 Å². The summed E-state index contributed by atoms with van der Waals surface area (Å²) >= 11 is 3.63. The highest BCUT2D eigenvalue weighted by Crippen LogP contribution is 2.40. The fraction of sp³-hybridized carbons (Fsp3) is 0.615. The van der Waals surface area contributed by atoms with Crippen LogP contribution in [-0.4, -0.2) is 16.9 Å². The van der Waals surface area contributed by atoms with Crippen LogP contribution in [0, 0.1) is 12.3 Å². The fourth-order valence-electron chi connectivity index (χ4n) is 2.29. The van der Waals surface area contributed by atoms with Gasteiger partial charge in [-0.05, 0) is 31.9 Å². The molecule has 0 N–H and O–H groups in total. The number of nitrogens with zero attached hydrogens (tertiary/aromatic N) is 1. The molecule has 1 aliphatic carbocycles. The number of aryl methyl sites for hydroxylation is 1.